The lowest BCUT2D eigenvalue weighted by atomic mass is 9.59. The average Bonchev–Trinajstić information content (AvgIpc) is 3.18. The fraction of sp³-hybridized carbons (Fsp3) is 0.267. The third-order valence-electron chi connectivity index (χ3n) is 8.29. The molecular formula is C30H23BrClNO6. The normalized spacial score (nSPS) is 26.2. The molecule has 0 bridgehead atoms. The number of Topliss-reactive ketones (excluding diaryl/α,β-unsaturated/α-hetero) is 1. The Bertz CT molecular complexity index is 1600. The van der Waals surface area contributed by atoms with Gasteiger partial charge in [-0.05, 0) is 77.5 Å². The molecule has 198 valence electrons. The summed E-state index contributed by atoms with van der Waals surface area (Å²) in [5.41, 5.74) is 2.96. The molecule has 2 aromatic carbocycles. The maximum absolute atomic E-state index is 14.0. The number of anilines is 1. The summed E-state index contributed by atoms with van der Waals surface area (Å²) >= 11 is 9.54. The topological polar surface area (TPSA) is 101 Å². The number of methoxy groups -OCH3 is 1. The highest BCUT2D eigenvalue weighted by atomic mass is 79.9. The summed E-state index contributed by atoms with van der Waals surface area (Å²) in [7, 11) is 1.50. The largest absolute Gasteiger partial charge is 0.508 e. The molecule has 6 rings (SSSR count). The van der Waals surface area contributed by atoms with Crippen molar-refractivity contribution >= 4 is 56.6 Å². The molecule has 1 fully saturated rings. The summed E-state index contributed by atoms with van der Waals surface area (Å²) in [6.45, 7) is 1.84. The van der Waals surface area contributed by atoms with Gasteiger partial charge < -0.3 is 9.84 Å². The van der Waals surface area contributed by atoms with Crippen LogP contribution in [0.1, 0.15) is 29.9 Å². The number of nitrogens with zero attached hydrogens (tertiary/aromatic N) is 1. The van der Waals surface area contributed by atoms with Crippen molar-refractivity contribution in [3.63, 3.8) is 0 Å². The second-order valence-electron chi connectivity index (χ2n) is 10.3. The lowest BCUT2D eigenvalue weighted by Crippen LogP contribution is -2.39. The van der Waals surface area contributed by atoms with Crippen molar-refractivity contribution in [2.45, 2.75) is 25.7 Å². The van der Waals surface area contributed by atoms with Gasteiger partial charge in [0, 0.05) is 33.7 Å². The van der Waals surface area contributed by atoms with Crippen LogP contribution in [-0.4, -0.2) is 35.6 Å². The van der Waals surface area contributed by atoms with Crippen LogP contribution in [0.3, 0.4) is 0 Å². The van der Waals surface area contributed by atoms with Crippen molar-refractivity contribution in [2.75, 3.05) is 12.0 Å². The van der Waals surface area contributed by atoms with E-state index in [0.29, 0.717) is 34.0 Å². The number of benzene rings is 2. The number of aromatic hydroxyl groups is 1. The zero-order chi connectivity index (χ0) is 27.7. The number of halogens is 2. The third-order valence-corrected chi connectivity index (χ3v) is 9.29. The highest BCUT2D eigenvalue weighted by Gasteiger charge is 2.57. The van der Waals surface area contributed by atoms with Crippen LogP contribution in [0.15, 0.2) is 69.8 Å². The molecule has 7 nitrogen and oxygen atoms in total. The quantitative estimate of drug-likeness (QED) is 0.287. The van der Waals surface area contributed by atoms with Crippen molar-refractivity contribution in [3.8, 4) is 11.5 Å². The third kappa shape index (κ3) is 3.84. The maximum atomic E-state index is 14.0. The highest BCUT2D eigenvalue weighted by Crippen LogP contribution is 2.56. The molecule has 9 heteroatoms. The number of amides is 2. The van der Waals surface area contributed by atoms with Gasteiger partial charge in [-0.1, -0.05) is 29.3 Å². The first-order valence-corrected chi connectivity index (χ1v) is 13.7. The van der Waals surface area contributed by atoms with Crippen molar-refractivity contribution in [2.24, 2.45) is 17.8 Å². The van der Waals surface area contributed by atoms with Crippen LogP contribution < -0.4 is 9.64 Å². The minimum absolute atomic E-state index is 0.0602. The number of hydrogen-bond acceptors (Lipinski definition) is 6. The summed E-state index contributed by atoms with van der Waals surface area (Å²) in [5.74, 6) is -3.56. The first-order valence-electron chi connectivity index (χ1n) is 12.5. The lowest BCUT2D eigenvalue weighted by molar-refractivity contribution is -0.123. The molecular weight excluding hydrogens is 586 g/mol. The highest BCUT2D eigenvalue weighted by molar-refractivity contribution is 9.12. The fourth-order valence-corrected chi connectivity index (χ4v) is 7.05. The zero-order valence-corrected chi connectivity index (χ0v) is 23.4. The van der Waals surface area contributed by atoms with E-state index in [1.165, 1.54) is 24.2 Å². The Morgan fingerprint density at radius 3 is 2.54 bits per heavy atom. The van der Waals surface area contributed by atoms with Crippen LogP contribution in [0, 0.1) is 24.7 Å². The Labute approximate surface area is 237 Å². The van der Waals surface area contributed by atoms with Gasteiger partial charge in [-0.2, -0.15) is 0 Å². The van der Waals surface area contributed by atoms with Crippen LogP contribution in [0.25, 0.3) is 0 Å². The summed E-state index contributed by atoms with van der Waals surface area (Å²) < 4.78 is 5.53. The number of fused-ring (bicyclic) bond motifs is 3. The molecule has 3 aliphatic carbocycles. The van der Waals surface area contributed by atoms with E-state index in [1.54, 1.807) is 30.3 Å². The molecule has 1 N–H and O–H groups in total. The number of phenols is 1. The Morgan fingerprint density at radius 1 is 1.05 bits per heavy atom. The minimum Gasteiger partial charge on any atom is -0.508 e. The monoisotopic (exact) mass is 607 g/mol. The van der Waals surface area contributed by atoms with Gasteiger partial charge in [0.05, 0.1) is 29.1 Å². The number of hydrogen-bond donors (Lipinski definition) is 1. The van der Waals surface area contributed by atoms with Crippen LogP contribution >= 0.6 is 27.5 Å². The second-order valence-corrected chi connectivity index (χ2v) is 11.5. The minimum atomic E-state index is -0.770. The summed E-state index contributed by atoms with van der Waals surface area (Å²) in [6.07, 6.45) is 3.59. The van der Waals surface area contributed by atoms with Gasteiger partial charge in [-0.3, -0.25) is 19.2 Å². The molecule has 4 atom stereocenters. The van der Waals surface area contributed by atoms with Crippen molar-refractivity contribution in [3.05, 3.63) is 85.9 Å². The standard InChI is InChI=1S/C30H23BrClNO6/c1-13-3-4-14(9-22(13)32)33-29(37)17-7-6-16-18(26(17)30(33)38)11-20-27(24(35)12-21(31)28(20)36)25(16)19-10-15(39-2)5-8-23(19)34/h3-6,8-10,12,17-18,25-26,34H,7,11H2,1-2H3/t17-,18+,25+,26-/m0/s1. The Kier molecular flexibility index (Phi) is 6.15. The van der Waals surface area contributed by atoms with Crippen molar-refractivity contribution < 1.29 is 29.0 Å². The molecule has 4 aliphatic rings. The molecule has 39 heavy (non-hydrogen) atoms. The molecule has 1 heterocycles. The van der Waals surface area contributed by atoms with E-state index in [2.05, 4.69) is 15.9 Å². The van der Waals surface area contributed by atoms with E-state index in [0.717, 1.165) is 11.1 Å². The Morgan fingerprint density at radius 2 is 1.82 bits per heavy atom. The summed E-state index contributed by atoms with van der Waals surface area (Å²) in [5, 5.41) is 11.4. The number of aryl methyl sites for hydroxylation is 1. The van der Waals surface area contributed by atoms with E-state index < -0.39 is 23.7 Å². The molecule has 0 unspecified atom stereocenters. The molecule has 1 saturated heterocycles. The Hall–Kier alpha value is -3.49. The van der Waals surface area contributed by atoms with E-state index >= 15 is 0 Å². The predicted molar refractivity (Wildman–Crippen MR) is 148 cm³/mol. The first-order chi connectivity index (χ1) is 18.6. The van der Waals surface area contributed by atoms with E-state index in [9.17, 15) is 24.3 Å². The van der Waals surface area contributed by atoms with E-state index in [1.807, 2.05) is 13.0 Å². The smallest absolute Gasteiger partial charge is 0.238 e. The number of ether oxygens (including phenoxy) is 1. The van der Waals surface area contributed by atoms with Gasteiger partial charge in [-0.15, -0.1) is 0 Å². The molecule has 1 aliphatic heterocycles. The number of imide groups is 1. The van der Waals surface area contributed by atoms with Crippen molar-refractivity contribution in [1.82, 2.24) is 0 Å². The van der Waals surface area contributed by atoms with Crippen LogP contribution in [0.2, 0.25) is 5.02 Å². The van der Waals surface area contributed by atoms with Gasteiger partial charge >= 0.3 is 0 Å². The number of allylic oxidation sites excluding steroid dienone is 6. The maximum Gasteiger partial charge on any atom is 0.238 e. The number of ketones is 2. The Balaban J connectivity index is 1.50. The number of phenolic OH excluding ortho intramolecular Hbond substituents is 1. The number of carbonyl (C=O) groups is 4. The van der Waals surface area contributed by atoms with Gasteiger partial charge in [0.1, 0.15) is 11.5 Å². The van der Waals surface area contributed by atoms with E-state index in [4.69, 9.17) is 16.3 Å². The molecule has 0 saturated carbocycles. The van der Waals surface area contributed by atoms with Crippen molar-refractivity contribution in [1.29, 1.82) is 0 Å². The molecule has 2 amide bonds. The van der Waals surface area contributed by atoms with Gasteiger partial charge in [0.2, 0.25) is 11.8 Å². The summed E-state index contributed by atoms with van der Waals surface area (Å²) in [4.78, 5) is 55.4. The predicted octanol–water partition coefficient (Wildman–Crippen LogP) is 5.33. The van der Waals surface area contributed by atoms with Crippen LogP contribution in [0.4, 0.5) is 5.69 Å². The zero-order valence-electron chi connectivity index (χ0n) is 21.0. The molecule has 0 aromatic heterocycles. The van der Waals surface area contributed by atoms with Gasteiger partial charge in [0.15, 0.2) is 11.6 Å². The van der Waals surface area contributed by atoms with Crippen LogP contribution in [0.5, 0.6) is 11.5 Å². The lowest BCUT2D eigenvalue weighted by Gasteiger charge is -2.42. The van der Waals surface area contributed by atoms with Crippen LogP contribution in [-0.2, 0) is 19.2 Å². The number of carbonyl (C=O) groups excluding carboxylic acids is 4. The average molecular weight is 609 g/mol. The van der Waals surface area contributed by atoms with Gasteiger partial charge in [-0.25, -0.2) is 4.90 Å². The number of rotatable bonds is 3. The van der Waals surface area contributed by atoms with Gasteiger partial charge in [0.25, 0.3) is 0 Å². The summed E-state index contributed by atoms with van der Waals surface area (Å²) in [6, 6.07) is 9.81. The second kappa shape index (κ2) is 9.31. The SMILES string of the molecule is COc1ccc(O)c([C@H]2C3=CC[C@@H]4C(=O)N(c5ccc(C)c(Cl)c5)C(=O)[C@@H]4[C@@H]3CC3=C2C(=O)C=C(Br)C3=O)c1. The molecule has 2 aromatic rings. The molecule has 0 spiro atoms. The first kappa shape index (κ1) is 25.8. The van der Waals surface area contributed by atoms with E-state index in [-0.39, 0.29) is 45.6 Å². The molecule has 0 radical (unpaired) electrons. The fourth-order valence-electron chi connectivity index (χ4n) is 6.43.